The van der Waals surface area contributed by atoms with E-state index >= 15 is 0 Å². The summed E-state index contributed by atoms with van der Waals surface area (Å²) in [5.41, 5.74) is 1.94. The lowest BCUT2D eigenvalue weighted by atomic mass is 9.96. The molecule has 1 aliphatic heterocycles. The van der Waals surface area contributed by atoms with Gasteiger partial charge >= 0.3 is 23.6 Å². The molecule has 1 saturated heterocycles. The molecule has 0 spiro atoms. The molecule has 0 radical (unpaired) electrons. The van der Waals surface area contributed by atoms with Gasteiger partial charge in [0.25, 0.3) is 0 Å². The summed E-state index contributed by atoms with van der Waals surface area (Å²) in [6, 6.07) is 1.54. The van der Waals surface area contributed by atoms with Gasteiger partial charge in [-0.05, 0) is 6.07 Å². The van der Waals surface area contributed by atoms with Crippen LogP contribution in [0.1, 0.15) is 19.1 Å². The summed E-state index contributed by atoms with van der Waals surface area (Å²) < 4.78 is 6.79. The van der Waals surface area contributed by atoms with Crippen molar-refractivity contribution in [3.05, 3.63) is 22.7 Å². The number of carboxylic acids is 3. The van der Waals surface area contributed by atoms with Gasteiger partial charge in [-0.1, -0.05) is 0 Å². The molecule has 0 unspecified atom stereocenters. The molecular weight excluding hydrogens is 402 g/mol. The molecule has 7 N–H and O–H groups in total. The number of thioether (sulfide) groups is 1. The SMILES string of the molecule is Nc1ccn([C@@H]2CS[C@H](CO)O2)c(=O)n1.O=C(O)CC(O)(CC(=O)O)C(=O)O. The number of hydrogen-bond acceptors (Lipinski definition) is 10. The Labute approximate surface area is 161 Å². The van der Waals surface area contributed by atoms with E-state index in [1.807, 2.05) is 0 Å². The van der Waals surface area contributed by atoms with Gasteiger partial charge in [-0.3, -0.25) is 14.2 Å². The Bertz CT molecular complexity index is 767. The summed E-state index contributed by atoms with van der Waals surface area (Å²) in [7, 11) is 0. The van der Waals surface area contributed by atoms with Gasteiger partial charge in [0.1, 0.15) is 17.5 Å². The van der Waals surface area contributed by atoms with Crippen molar-refractivity contribution in [1.82, 2.24) is 9.55 Å². The van der Waals surface area contributed by atoms with E-state index < -0.39 is 42.0 Å². The summed E-state index contributed by atoms with van der Waals surface area (Å²) in [6.07, 6.45) is -1.11. The first-order valence-electron chi connectivity index (χ1n) is 7.60. The molecule has 0 amide bonds. The third kappa shape index (κ3) is 6.80. The third-order valence-corrected chi connectivity index (χ3v) is 4.44. The number of nitrogens with zero attached hydrogens (tertiary/aromatic N) is 2. The van der Waals surface area contributed by atoms with Crippen LogP contribution in [0.15, 0.2) is 17.1 Å². The van der Waals surface area contributed by atoms with E-state index in [9.17, 15) is 19.2 Å². The van der Waals surface area contributed by atoms with Crippen molar-refractivity contribution < 1.29 is 44.7 Å². The number of aromatic nitrogens is 2. The summed E-state index contributed by atoms with van der Waals surface area (Å²) in [6.45, 7) is -0.0572. The fourth-order valence-corrected chi connectivity index (χ4v) is 2.97. The van der Waals surface area contributed by atoms with Crippen molar-refractivity contribution in [3.8, 4) is 0 Å². The quantitative estimate of drug-likeness (QED) is 0.285. The number of hydrogen-bond donors (Lipinski definition) is 6. The number of rotatable bonds is 7. The van der Waals surface area contributed by atoms with Crippen LogP contribution in [0.3, 0.4) is 0 Å². The predicted molar refractivity (Wildman–Crippen MR) is 93.5 cm³/mol. The number of anilines is 1. The number of aliphatic carboxylic acids is 3. The molecule has 0 aliphatic carbocycles. The molecule has 2 rings (SSSR count). The standard InChI is InChI=1S/C8H11N3O3S.C6H8O7/c9-5-1-2-11(8(13)10-5)6-4-15-7(3-12)14-6;7-3(8)1-6(13,5(11)12)2-4(9)10/h1-2,6-7,12H,3-4H2,(H2,9,10,13);13H,1-2H2,(H,7,8)(H,9,10)(H,11,12)/t6-,7+;/m0./s1. The van der Waals surface area contributed by atoms with E-state index in [2.05, 4.69) is 4.98 Å². The Hall–Kier alpha value is -2.68. The van der Waals surface area contributed by atoms with Gasteiger partial charge in [0.05, 0.1) is 19.4 Å². The van der Waals surface area contributed by atoms with Crippen molar-refractivity contribution in [3.63, 3.8) is 0 Å². The molecule has 1 aliphatic rings. The van der Waals surface area contributed by atoms with E-state index in [0.717, 1.165) is 0 Å². The van der Waals surface area contributed by atoms with E-state index in [1.54, 1.807) is 12.3 Å². The molecular formula is C14H19N3O10S. The molecule has 2 atom stereocenters. The van der Waals surface area contributed by atoms with Crippen LogP contribution in [0.4, 0.5) is 5.82 Å². The first-order chi connectivity index (χ1) is 13.0. The lowest BCUT2D eigenvalue weighted by molar-refractivity contribution is -0.170. The molecule has 1 aromatic heterocycles. The third-order valence-electron chi connectivity index (χ3n) is 3.33. The topological polar surface area (TPSA) is 222 Å². The number of aliphatic hydroxyl groups excluding tert-OH is 1. The number of carboxylic acid groups (broad SMARTS) is 3. The first-order valence-corrected chi connectivity index (χ1v) is 8.65. The summed E-state index contributed by atoms with van der Waals surface area (Å²) >= 11 is 1.47. The van der Waals surface area contributed by atoms with Crippen LogP contribution >= 0.6 is 11.8 Å². The zero-order valence-corrected chi connectivity index (χ0v) is 15.1. The van der Waals surface area contributed by atoms with Gasteiger partial charge in [0.2, 0.25) is 0 Å². The molecule has 2 heterocycles. The van der Waals surface area contributed by atoms with Crippen molar-refractivity contribution in [2.24, 2.45) is 0 Å². The van der Waals surface area contributed by atoms with Gasteiger partial charge in [-0.2, -0.15) is 4.98 Å². The molecule has 28 heavy (non-hydrogen) atoms. The average molecular weight is 421 g/mol. The molecule has 0 saturated carbocycles. The van der Waals surface area contributed by atoms with Crippen molar-refractivity contribution in [2.45, 2.75) is 30.1 Å². The molecule has 0 aromatic carbocycles. The maximum absolute atomic E-state index is 11.4. The second-order valence-electron chi connectivity index (χ2n) is 5.56. The highest BCUT2D eigenvalue weighted by molar-refractivity contribution is 8.00. The Balaban J connectivity index is 0.000000284. The van der Waals surface area contributed by atoms with E-state index in [1.165, 1.54) is 16.3 Å². The second kappa shape index (κ2) is 10.0. The highest BCUT2D eigenvalue weighted by Gasteiger charge is 2.40. The molecule has 1 aromatic rings. The van der Waals surface area contributed by atoms with Crippen LogP contribution < -0.4 is 11.4 Å². The van der Waals surface area contributed by atoms with Crippen molar-refractivity contribution in [2.75, 3.05) is 18.1 Å². The summed E-state index contributed by atoms with van der Waals surface area (Å²) in [4.78, 5) is 45.5. The van der Waals surface area contributed by atoms with E-state index in [-0.39, 0.29) is 24.1 Å². The first kappa shape index (κ1) is 23.4. The normalized spacial score (nSPS) is 18.8. The van der Waals surface area contributed by atoms with Gasteiger partial charge in [-0.15, -0.1) is 11.8 Å². The van der Waals surface area contributed by atoms with E-state index in [0.29, 0.717) is 5.75 Å². The van der Waals surface area contributed by atoms with Gasteiger partial charge in [-0.25, -0.2) is 9.59 Å². The van der Waals surface area contributed by atoms with Gasteiger partial charge in [0, 0.05) is 11.9 Å². The lowest BCUT2D eigenvalue weighted by Crippen LogP contribution is -2.42. The van der Waals surface area contributed by atoms with Crippen LogP contribution in [-0.2, 0) is 19.1 Å². The van der Waals surface area contributed by atoms with Gasteiger partial charge < -0.3 is 36.0 Å². The minimum absolute atomic E-state index is 0.0572. The van der Waals surface area contributed by atoms with Crippen molar-refractivity contribution in [1.29, 1.82) is 0 Å². The number of carbonyl (C=O) groups is 3. The maximum atomic E-state index is 11.4. The predicted octanol–water partition coefficient (Wildman–Crippen LogP) is -1.84. The minimum Gasteiger partial charge on any atom is -0.481 e. The molecule has 1 fully saturated rings. The van der Waals surface area contributed by atoms with Crippen LogP contribution in [0.5, 0.6) is 0 Å². The maximum Gasteiger partial charge on any atom is 0.351 e. The Morgan fingerprint density at radius 1 is 1.29 bits per heavy atom. The van der Waals surface area contributed by atoms with E-state index in [4.69, 9.17) is 36.0 Å². The lowest BCUT2D eigenvalue weighted by Gasteiger charge is -2.18. The highest BCUT2D eigenvalue weighted by atomic mass is 32.2. The van der Waals surface area contributed by atoms with Crippen LogP contribution in [-0.4, -0.2) is 76.4 Å². The minimum atomic E-state index is -2.74. The number of ether oxygens (including phenoxy) is 1. The van der Waals surface area contributed by atoms with Gasteiger partial charge in [0.15, 0.2) is 5.60 Å². The molecule has 13 nitrogen and oxygen atoms in total. The smallest absolute Gasteiger partial charge is 0.351 e. The summed E-state index contributed by atoms with van der Waals surface area (Å²) in [5, 5.41) is 42.7. The highest BCUT2D eigenvalue weighted by Crippen LogP contribution is 2.30. The largest absolute Gasteiger partial charge is 0.481 e. The fraction of sp³-hybridized carbons (Fsp3) is 0.500. The fourth-order valence-electron chi connectivity index (χ4n) is 2.04. The van der Waals surface area contributed by atoms with Crippen LogP contribution in [0, 0.1) is 0 Å². The Kier molecular flexibility index (Phi) is 8.36. The van der Waals surface area contributed by atoms with Crippen LogP contribution in [0.2, 0.25) is 0 Å². The number of nitrogen functional groups attached to an aromatic ring is 1. The second-order valence-corrected chi connectivity index (χ2v) is 6.75. The Morgan fingerprint density at radius 3 is 2.25 bits per heavy atom. The zero-order valence-electron chi connectivity index (χ0n) is 14.3. The zero-order chi connectivity index (χ0) is 21.5. The number of aliphatic hydroxyl groups is 2. The molecule has 14 heteroatoms. The Morgan fingerprint density at radius 2 is 1.86 bits per heavy atom. The molecule has 156 valence electrons. The van der Waals surface area contributed by atoms with Crippen molar-refractivity contribution >= 4 is 35.5 Å². The van der Waals surface area contributed by atoms with Crippen LogP contribution in [0.25, 0.3) is 0 Å². The summed E-state index contributed by atoms with van der Waals surface area (Å²) in [5.74, 6) is -4.20. The molecule has 0 bridgehead atoms. The number of nitrogens with two attached hydrogens (primary N) is 1. The average Bonchev–Trinajstić information content (AvgIpc) is 3.02. The monoisotopic (exact) mass is 421 g/mol.